The van der Waals surface area contributed by atoms with E-state index < -0.39 is 0 Å². The predicted molar refractivity (Wildman–Crippen MR) is 98.9 cm³/mol. The Kier molecular flexibility index (Phi) is 4.39. The van der Waals surface area contributed by atoms with Crippen LogP contribution in [0.1, 0.15) is 46.8 Å². The van der Waals surface area contributed by atoms with Crippen molar-refractivity contribution in [2.24, 2.45) is 0 Å². The van der Waals surface area contributed by atoms with Crippen molar-refractivity contribution < 1.29 is 9.53 Å². The first-order valence-electron chi connectivity index (χ1n) is 8.28. The molecule has 0 aliphatic heterocycles. The van der Waals surface area contributed by atoms with E-state index in [-0.39, 0.29) is 5.97 Å². The fourth-order valence-electron chi connectivity index (χ4n) is 2.99. The van der Waals surface area contributed by atoms with Gasteiger partial charge in [-0.2, -0.15) is 0 Å². The van der Waals surface area contributed by atoms with Crippen molar-refractivity contribution in [1.82, 2.24) is 0 Å². The molecule has 0 aliphatic carbocycles. The van der Waals surface area contributed by atoms with Crippen LogP contribution in [0.2, 0.25) is 0 Å². The molecule has 0 aromatic heterocycles. The van der Waals surface area contributed by atoms with Gasteiger partial charge in [0, 0.05) is 0 Å². The van der Waals surface area contributed by atoms with Gasteiger partial charge in [-0.3, -0.25) is 0 Å². The summed E-state index contributed by atoms with van der Waals surface area (Å²) in [5.74, 6) is 0.751. The topological polar surface area (TPSA) is 26.3 Å². The van der Waals surface area contributed by atoms with E-state index >= 15 is 0 Å². The van der Waals surface area contributed by atoms with Gasteiger partial charge in [-0.25, -0.2) is 4.79 Å². The van der Waals surface area contributed by atoms with Crippen LogP contribution < -0.4 is 4.74 Å². The second-order valence-electron chi connectivity index (χ2n) is 6.55. The van der Waals surface area contributed by atoms with Crippen LogP contribution in [0.5, 0.6) is 5.75 Å². The van der Waals surface area contributed by atoms with Gasteiger partial charge < -0.3 is 4.74 Å². The fourth-order valence-corrected chi connectivity index (χ4v) is 2.99. The minimum absolute atomic E-state index is 0.323. The van der Waals surface area contributed by atoms with Crippen molar-refractivity contribution in [2.45, 2.75) is 33.6 Å². The normalized spacial score (nSPS) is 11.0. The van der Waals surface area contributed by atoms with Gasteiger partial charge in [-0.05, 0) is 71.5 Å². The first-order chi connectivity index (χ1) is 11.5. The summed E-state index contributed by atoms with van der Waals surface area (Å²) in [5.41, 5.74) is 4.04. The zero-order valence-electron chi connectivity index (χ0n) is 14.6. The van der Waals surface area contributed by atoms with Gasteiger partial charge in [-0.15, -0.1) is 0 Å². The lowest BCUT2D eigenvalue weighted by atomic mass is 9.92. The second kappa shape index (κ2) is 6.48. The Morgan fingerprint density at radius 3 is 2.25 bits per heavy atom. The van der Waals surface area contributed by atoms with Crippen LogP contribution >= 0.6 is 0 Å². The summed E-state index contributed by atoms with van der Waals surface area (Å²) in [7, 11) is 0. The summed E-state index contributed by atoms with van der Waals surface area (Å²) in [6.45, 7) is 8.47. The van der Waals surface area contributed by atoms with E-state index in [9.17, 15) is 4.79 Å². The molecule has 0 radical (unpaired) electrons. The summed E-state index contributed by atoms with van der Waals surface area (Å²) >= 11 is 0. The van der Waals surface area contributed by atoms with Crippen LogP contribution in [0.4, 0.5) is 0 Å². The highest BCUT2D eigenvalue weighted by molar-refractivity contribution is 5.94. The SMILES string of the molecule is Cc1cc2c(C(C)C)ccc(C)c2cc1OC(=O)c1ccccc1. The number of aryl methyl sites for hydroxylation is 2. The smallest absolute Gasteiger partial charge is 0.343 e. The van der Waals surface area contributed by atoms with E-state index in [0.717, 1.165) is 10.9 Å². The largest absolute Gasteiger partial charge is 0.423 e. The maximum absolute atomic E-state index is 12.3. The molecular weight excluding hydrogens is 296 g/mol. The summed E-state index contributed by atoms with van der Waals surface area (Å²) < 4.78 is 5.66. The highest BCUT2D eigenvalue weighted by atomic mass is 16.5. The Morgan fingerprint density at radius 1 is 0.875 bits per heavy atom. The number of hydrogen-bond donors (Lipinski definition) is 0. The summed E-state index contributed by atoms with van der Waals surface area (Å²) in [5, 5.41) is 2.38. The molecule has 3 aromatic rings. The molecule has 0 heterocycles. The number of hydrogen-bond acceptors (Lipinski definition) is 2. The third-order valence-electron chi connectivity index (χ3n) is 4.40. The molecule has 0 amide bonds. The molecule has 0 fully saturated rings. The lowest BCUT2D eigenvalue weighted by Crippen LogP contribution is -2.09. The van der Waals surface area contributed by atoms with Crippen molar-refractivity contribution >= 4 is 16.7 Å². The van der Waals surface area contributed by atoms with Crippen LogP contribution in [0.25, 0.3) is 10.8 Å². The minimum atomic E-state index is -0.323. The van der Waals surface area contributed by atoms with Crippen LogP contribution in [0, 0.1) is 13.8 Å². The highest BCUT2D eigenvalue weighted by Crippen LogP contribution is 2.33. The number of rotatable bonds is 3. The molecule has 3 aromatic carbocycles. The summed E-state index contributed by atoms with van der Waals surface area (Å²) in [6.07, 6.45) is 0. The van der Waals surface area contributed by atoms with Gasteiger partial charge in [-0.1, -0.05) is 44.2 Å². The monoisotopic (exact) mass is 318 g/mol. The lowest BCUT2D eigenvalue weighted by Gasteiger charge is -2.15. The number of carbonyl (C=O) groups excluding carboxylic acids is 1. The molecular formula is C22H22O2. The third kappa shape index (κ3) is 3.05. The Balaban J connectivity index is 2.05. The average molecular weight is 318 g/mol. The van der Waals surface area contributed by atoms with E-state index in [1.54, 1.807) is 12.1 Å². The van der Waals surface area contributed by atoms with Gasteiger partial charge in [0.05, 0.1) is 5.56 Å². The number of esters is 1. The Labute approximate surface area is 143 Å². The van der Waals surface area contributed by atoms with E-state index in [4.69, 9.17) is 4.74 Å². The lowest BCUT2D eigenvalue weighted by molar-refractivity contribution is 0.0734. The molecule has 24 heavy (non-hydrogen) atoms. The molecule has 0 spiro atoms. The van der Waals surface area contributed by atoms with Crippen LogP contribution in [0.15, 0.2) is 54.6 Å². The van der Waals surface area contributed by atoms with E-state index in [1.807, 2.05) is 31.2 Å². The van der Waals surface area contributed by atoms with Crippen molar-refractivity contribution in [3.8, 4) is 5.75 Å². The van der Waals surface area contributed by atoms with E-state index in [2.05, 4.69) is 39.0 Å². The Hall–Kier alpha value is -2.61. The van der Waals surface area contributed by atoms with Gasteiger partial charge >= 0.3 is 5.97 Å². The summed E-state index contributed by atoms with van der Waals surface area (Å²) in [4.78, 5) is 12.3. The molecule has 0 saturated carbocycles. The molecule has 3 rings (SSSR count). The fraction of sp³-hybridized carbons (Fsp3) is 0.227. The molecule has 0 aliphatic rings. The zero-order valence-corrected chi connectivity index (χ0v) is 14.6. The molecule has 122 valence electrons. The van der Waals surface area contributed by atoms with Crippen LogP contribution in [0.3, 0.4) is 0 Å². The summed E-state index contributed by atoms with van der Waals surface area (Å²) in [6, 6.07) is 17.5. The van der Waals surface area contributed by atoms with Crippen LogP contribution in [-0.2, 0) is 0 Å². The molecule has 0 unspecified atom stereocenters. The maximum Gasteiger partial charge on any atom is 0.343 e. The first kappa shape index (κ1) is 16.3. The number of ether oxygens (including phenoxy) is 1. The molecule has 0 atom stereocenters. The first-order valence-corrected chi connectivity index (χ1v) is 8.28. The molecule has 2 nitrogen and oxygen atoms in total. The molecule has 2 heteroatoms. The minimum Gasteiger partial charge on any atom is -0.423 e. The number of fused-ring (bicyclic) bond motifs is 1. The van der Waals surface area contributed by atoms with Crippen molar-refractivity contribution in [1.29, 1.82) is 0 Å². The standard InChI is InChI=1S/C22H22O2/c1-14(2)18-11-10-15(3)19-13-21(16(4)12-20(18)19)24-22(23)17-8-6-5-7-9-17/h5-14H,1-4H3. The van der Waals surface area contributed by atoms with Crippen molar-refractivity contribution in [2.75, 3.05) is 0 Å². The number of benzene rings is 3. The average Bonchev–Trinajstić information content (AvgIpc) is 2.57. The second-order valence-corrected chi connectivity index (χ2v) is 6.55. The molecule has 0 N–H and O–H groups in total. The highest BCUT2D eigenvalue weighted by Gasteiger charge is 2.14. The third-order valence-corrected chi connectivity index (χ3v) is 4.40. The van der Waals surface area contributed by atoms with Gasteiger partial charge in [0.2, 0.25) is 0 Å². The van der Waals surface area contributed by atoms with Gasteiger partial charge in [0.15, 0.2) is 0 Å². The van der Waals surface area contributed by atoms with Crippen molar-refractivity contribution in [3.05, 3.63) is 76.9 Å². The van der Waals surface area contributed by atoms with E-state index in [0.29, 0.717) is 17.2 Å². The predicted octanol–water partition coefficient (Wildman–Crippen LogP) is 5.80. The van der Waals surface area contributed by atoms with Gasteiger partial charge in [0.25, 0.3) is 0 Å². The van der Waals surface area contributed by atoms with Crippen LogP contribution in [-0.4, -0.2) is 5.97 Å². The maximum atomic E-state index is 12.3. The number of carbonyl (C=O) groups is 1. The van der Waals surface area contributed by atoms with Gasteiger partial charge in [0.1, 0.15) is 5.75 Å². The zero-order chi connectivity index (χ0) is 17.3. The Bertz CT molecular complexity index is 893. The van der Waals surface area contributed by atoms with E-state index in [1.165, 1.54) is 16.5 Å². The quantitative estimate of drug-likeness (QED) is 0.450. The van der Waals surface area contributed by atoms with Crippen molar-refractivity contribution in [3.63, 3.8) is 0 Å². The Morgan fingerprint density at radius 2 is 1.58 bits per heavy atom. The molecule has 0 bridgehead atoms. The molecule has 0 saturated heterocycles.